The summed E-state index contributed by atoms with van der Waals surface area (Å²) in [7, 11) is 0. The Morgan fingerprint density at radius 1 is 1.30 bits per heavy atom. The largest absolute Gasteiger partial charge is 0.325 e. The van der Waals surface area contributed by atoms with Gasteiger partial charge in [-0.1, -0.05) is 41.8 Å². The SMILES string of the molecule is CC1CCCC(NCC(=O)Nc2cccc(Br)c2)CC1. The van der Waals surface area contributed by atoms with Crippen molar-refractivity contribution in [2.75, 3.05) is 11.9 Å². The second-order valence-electron chi connectivity index (χ2n) is 5.75. The molecule has 20 heavy (non-hydrogen) atoms. The number of nitrogens with one attached hydrogen (secondary N) is 2. The highest BCUT2D eigenvalue weighted by molar-refractivity contribution is 9.10. The van der Waals surface area contributed by atoms with Crippen molar-refractivity contribution in [2.24, 2.45) is 5.92 Å². The molecule has 4 heteroatoms. The van der Waals surface area contributed by atoms with Gasteiger partial charge in [-0.3, -0.25) is 4.79 Å². The lowest BCUT2D eigenvalue weighted by molar-refractivity contribution is -0.115. The Morgan fingerprint density at radius 2 is 2.15 bits per heavy atom. The Bertz CT molecular complexity index is 450. The van der Waals surface area contributed by atoms with Crippen LogP contribution in [0.2, 0.25) is 0 Å². The predicted molar refractivity (Wildman–Crippen MR) is 86.8 cm³/mol. The van der Waals surface area contributed by atoms with Crippen molar-refractivity contribution in [3.05, 3.63) is 28.7 Å². The topological polar surface area (TPSA) is 41.1 Å². The maximum absolute atomic E-state index is 11.9. The Morgan fingerprint density at radius 3 is 2.95 bits per heavy atom. The van der Waals surface area contributed by atoms with Crippen LogP contribution in [0.3, 0.4) is 0 Å². The molecule has 0 bridgehead atoms. The van der Waals surface area contributed by atoms with E-state index in [0.29, 0.717) is 12.6 Å². The molecule has 2 unspecified atom stereocenters. The first kappa shape index (κ1) is 15.5. The van der Waals surface area contributed by atoms with Crippen LogP contribution in [-0.4, -0.2) is 18.5 Å². The molecule has 110 valence electrons. The van der Waals surface area contributed by atoms with Gasteiger partial charge in [-0.25, -0.2) is 0 Å². The molecule has 0 heterocycles. The molecule has 2 N–H and O–H groups in total. The maximum Gasteiger partial charge on any atom is 0.238 e. The van der Waals surface area contributed by atoms with Gasteiger partial charge in [-0.2, -0.15) is 0 Å². The molecule has 2 rings (SSSR count). The number of halogens is 1. The van der Waals surface area contributed by atoms with Crippen LogP contribution in [0.1, 0.15) is 39.0 Å². The third-order valence-electron chi connectivity index (χ3n) is 3.92. The van der Waals surface area contributed by atoms with E-state index in [-0.39, 0.29) is 5.91 Å². The number of carbonyl (C=O) groups is 1. The number of hydrogen-bond donors (Lipinski definition) is 2. The van der Waals surface area contributed by atoms with Crippen LogP contribution in [0.25, 0.3) is 0 Å². The minimum atomic E-state index is 0.0281. The van der Waals surface area contributed by atoms with Crippen molar-refractivity contribution >= 4 is 27.5 Å². The van der Waals surface area contributed by atoms with Crippen LogP contribution in [0.15, 0.2) is 28.7 Å². The van der Waals surface area contributed by atoms with Crippen LogP contribution in [0.5, 0.6) is 0 Å². The van der Waals surface area contributed by atoms with E-state index in [2.05, 4.69) is 33.5 Å². The fourth-order valence-corrected chi connectivity index (χ4v) is 3.10. The predicted octanol–water partition coefficient (Wildman–Crippen LogP) is 3.95. The van der Waals surface area contributed by atoms with Crippen molar-refractivity contribution in [2.45, 2.75) is 45.1 Å². The van der Waals surface area contributed by atoms with E-state index in [0.717, 1.165) is 16.1 Å². The van der Waals surface area contributed by atoms with Crippen molar-refractivity contribution in [1.29, 1.82) is 0 Å². The third-order valence-corrected chi connectivity index (χ3v) is 4.41. The van der Waals surface area contributed by atoms with E-state index < -0.39 is 0 Å². The highest BCUT2D eigenvalue weighted by atomic mass is 79.9. The summed E-state index contributed by atoms with van der Waals surface area (Å²) in [6.07, 6.45) is 6.24. The van der Waals surface area contributed by atoms with E-state index >= 15 is 0 Å². The number of anilines is 1. The molecular formula is C16H23BrN2O. The van der Waals surface area contributed by atoms with Gasteiger partial charge in [-0.05, 0) is 43.4 Å². The lowest BCUT2D eigenvalue weighted by Gasteiger charge is -2.16. The van der Waals surface area contributed by atoms with E-state index in [4.69, 9.17) is 0 Å². The second-order valence-corrected chi connectivity index (χ2v) is 6.67. The molecule has 3 nitrogen and oxygen atoms in total. The van der Waals surface area contributed by atoms with Crippen molar-refractivity contribution < 1.29 is 4.79 Å². The molecule has 2 atom stereocenters. The number of rotatable bonds is 4. The van der Waals surface area contributed by atoms with Gasteiger partial charge in [0.15, 0.2) is 0 Å². The zero-order valence-electron chi connectivity index (χ0n) is 12.0. The minimum absolute atomic E-state index is 0.0281. The van der Waals surface area contributed by atoms with Gasteiger partial charge in [0.2, 0.25) is 5.91 Å². The molecule has 0 aromatic heterocycles. The first-order valence-corrected chi connectivity index (χ1v) is 8.21. The van der Waals surface area contributed by atoms with Crippen LogP contribution >= 0.6 is 15.9 Å². The summed E-state index contributed by atoms with van der Waals surface area (Å²) in [6, 6.07) is 8.16. The number of carbonyl (C=O) groups excluding carboxylic acids is 1. The van der Waals surface area contributed by atoms with Crippen LogP contribution in [0.4, 0.5) is 5.69 Å². The molecule has 1 aliphatic carbocycles. The smallest absolute Gasteiger partial charge is 0.238 e. The average molecular weight is 339 g/mol. The summed E-state index contributed by atoms with van der Waals surface area (Å²) >= 11 is 3.40. The van der Waals surface area contributed by atoms with Crippen LogP contribution < -0.4 is 10.6 Å². The van der Waals surface area contributed by atoms with Gasteiger partial charge in [0.25, 0.3) is 0 Å². The summed E-state index contributed by atoms with van der Waals surface area (Å²) in [5, 5.41) is 6.31. The Balaban J connectivity index is 1.74. The lowest BCUT2D eigenvalue weighted by Crippen LogP contribution is -2.35. The molecule has 1 aromatic rings. The molecular weight excluding hydrogens is 316 g/mol. The number of amides is 1. The molecule has 1 aliphatic rings. The van der Waals surface area contributed by atoms with Gasteiger partial charge < -0.3 is 10.6 Å². The molecule has 0 saturated heterocycles. The molecule has 1 amide bonds. The maximum atomic E-state index is 11.9. The zero-order valence-corrected chi connectivity index (χ0v) is 13.6. The van der Waals surface area contributed by atoms with E-state index in [1.54, 1.807) is 0 Å². The second kappa shape index (κ2) is 7.79. The average Bonchev–Trinajstić information content (AvgIpc) is 2.61. The summed E-state index contributed by atoms with van der Waals surface area (Å²) < 4.78 is 0.973. The summed E-state index contributed by atoms with van der Waals surface area (Å²) in [5.41, 5.74) is 0.834. The Kier molecular flexibility index (Phi) is 6.05. The number of benzene rings is 1. The zero-order chi connectivity index (χ0) is 14.4. The first-order chi connectivity index (χ1) is 9.63. The Hall–Kier alpha value is -0.870. The van der Waals surface area contributed by atoms with E-state index in [9.17, 15) is 4.79 Å². The quantitative estimate of drug-likeness (QED) is 0.816. The normalized spacial score (nSPS) is 23.1. The van der Waals surface area contributed by atoms with Gasteiger partial charge in [0.1, 0.15) is 0 Å². The molecule has 1 saturated carbocycles. The van der Waals surface area contributed by atoms with E-state index in [1.807, 2.05) is 24.3 Å². The highest BCUT2D eigenvalue weighted by Crippen LogP contribution is 2.22. The lowest BCUT2D eigenvalue weighted by atomic mass is 10.0. The fourth-order valence-electron chi connectivity index (χ4n) is 2.70. The van der Waals surface area contributed by atoms with Crippen molar-refractivity contribution in [1.82, 2.24) is 5.32 Å². The minimum Gasteiger partial charge on any atom is -0.325 e. The Labute approximate surface area is 129 Å². The molecule has 0 radical (unpaired) electrons. The fraction of sp³-hybridized carbons (Fsp3) is 0.562. The van der Waals surface area contributed by atoms with Crippen LogP contribution in [0, 0.1) is 5.92 Å². The monoisotopic (exact) mass is 338 g/mol. The summed E-state index contributed by atoms with van der Waals surface area (Å²) in [5.74, 6) is 0.859. The standard InChI is InChI=1S/C16H23BrN2O/c1-12-4-2-6-14(9-8-12)18-11-16(20)19-15-7-3-5-13(17)10-15/h3,5,7,10,12,14,18H,2,4,6,8-9,11H2,1H3,(H,19,20). The summed E-state index contributed by atoms with van der Waals surface area (Å²) in [4.78, 5) is 11.9. The van der Waals surface area contributed by atoms with Gasteiger partial charge >= 0.3 is 0 Å². The molecule has 1 aromatic carbocycles. The van der Waals surface area contributed by atoms with Crippen molar-refractivity contribution in [3.63, 3.8) is 0 Å². The number of hydrogen-bond acceptors (Lipinski definition) is 2. The molecule has 0 spiro atoms. The van der Waals surface area contributed by atoms with Crippen molar-refractivity contribution in [3.8, 4) is 0 Å². The van der Waals surface area contributed by atoms with Gasteiger partial charge in [0.05, 0.1) is 6.54 Å². The molecule has 1 fully saturated rings. The van der Waals surface area contributed by atoms with E-state index in [1.165, 1.54) is 32.1 Å². The summed E-state index contributed by atoms with van der Waals surface area (Å²) in [6.45, 7) is 2.72. The third kappa shape index (κ3) is 5.25. The first-order valence-electron chi connectivity index (χ1n) is 7.42. The van der Waals surface area contributed by atoms with Crippen LogP contribution in [-0.2, 0) is 4.79 Å². The van der Waals surface area contributed by atoms with Gasteiger partial charge in [-0.15, -0.1) is 0 Å². The van der Waals surface area contributed by atoms with Gasteiger partial charge in [0, 0.05) is 16.2 Å². The highest BCUT2D eigenvalue weighted by Gasteiger charge is 2.16. The molecule has 0 aliphatic heterocycles.